The van der Waals surface area contributed by atoms with E-state index in [0.29, 0.717) is 35.8 Å². The number of ether oxygens (including phenoxy) is 2. The molecule has 43 heavy (non-hydrogen) atoms. The normalized spacial score (nSPS) is 14.5. The highest BCUT2D eigenvalue weighted by Crippen LogP contribution is 2.28. The lowest BCUT2D eigenvalue weighted by Gasteiger charge is -2.33. The first-order valence-corrected chi connectivity index (χ1v) is 15.4. The maximum absolute atomic E-state index is 14.2. The molecule has 0 bridgehead atoms. The van der Waals surface area contributed by atoms with Crippen molar-refractivity contribution >= 4 is 51.8 Å². The third-order valence-electron chi connectivity index (χ3n) is 6.36. The SMILES string of the molecule is CS(=O)c1ccc(C(=O)Nc2ccc(F)cc2C(=O)Nc2ccc(Cl)cn2)c(OC2CCN(C(=O)OC(C)(C)C)CC2)c1. The molecule has 0 spiro atoms. The van der Waals surface area contributed by atoms with Crippen molar-refractivity contribution in [2.24, 2.45) is 0 Å². The van der Waals surface area contributed by atoms with Crippen LogP contribution in [0.15, 0.2) is 59.6 Å². The van der Waals surface area contributed by atoms with Gasteiger partial charge in [0.25, 0.3) is 11.8 Å². The number of benzene rings is 2. The number of aromatic nitrogens is 1. The highest BCUT2D eigenvalue weighted by atomic mass is 35.5. The van der Waals surface area contributed by atoms with E-state index in [-0.39, 0.29) is 34.5 Å². The molecule has 3 aromatic rings. The molecule has 13 heteroatoms. The fourth-order valence-electron chi connectivity index (χ4n) is 4.27. The Morgan fingerprint density at radius 1 is 1.00 bits per heavy atom. The summed E-state index contributed by atoms with van der Waals surface area (Å²) in [6.45, 7) is 6.20. The van der Waals surface area contributed by atoms with Crippen LogP contribution < -0.4 is 15.4 Å². The third-order valence-corrected chi connectivity index (χ3v) is 7.50. The van der Waals surface area contributed by atoms with Crippen molar-refractivity contribution in [2.45, 2.75) is 50.2 Å². The summed E-state index contributed by atoms with van der Waals surface area (Å²) in [6.07, 6.45) is 3.10. The first-order valence-electron chi connectivity index (χ1n) is 13.4. The summed E-state index contributed by atoms with van der Waals surface area (Å²) in [6, 6.07) is 11.0. The number of piperidine rings is 1. The second kappa shape index (κ2) is 13.5. The van der Waals surface area contributed by atoms with Gasteiger partial charge < -0.3 is 25.0 Å². The van der Waals surface area contributed by atoms with Gasteiger partial charge in [0.1, 0.15) is 29.1 Å². The van der Waals surface area contributed by atoms with Crippen LogP contribution in [0, 0.1) is 5.82 Å². The second-order valence-electron chi connectivity index (χ2n) is 10.9. The van der Waals surface area contributed by atoms with Gasteiger partial charge in [-0.1, -0.05) is 11.6 Å². The molecule has 1 atom stereocenters. The molecule has 0 aliphatic carbocycles. The van der Waals surface area contributed by atoms with E-state index in [1.165, 1.54) is 42.8 Å². The molecule has 4 rings (SSSR count). The lowest BCUT2D eigenvalue weighted by molar-refractivity contribution is 0.0126. The second-order valence-corrected chi connectivity index (χ2v) is 12.7. The summed E-state index contributed by atoms with van der Waals surface area (Å²) in [5.41, 5.74) is -0.564. The van der Waals surface area contributed by atoms with Gasteiger partial charge in [-0.05, 0) is 69.3 Å². The Morgan fingerprint density at radius 2 is 1.70 bits per heavy atom. The van der Waals surface area contributed by atoms with Gasteiger partial charge in [0, 0.05) is 54.1 Å². The number of halogens is 2. The van der Waals surface area contributed by atoms with E-state index in [0.717, 1.165) is 12.1 Å². The third kappa shape index (κ3) is 8.74. The molecule has 1 aromatic heterocycles. The Morgan fingerprint density at radius 3 is 2.33 bits per heavy atom. The Kier molecular flexibility index (Phi) is 10.0. The molecule has 0 saturated carbocycles. The number of carbonyl (C=O) groups is 3. The zero-order chi connectivity index (χ0) is 31.3. The summed E-state index contributed by atoms with van der Waals surface area (Å²) in [7, 11) is -1.35. The number of nitrogens with one attached hydrogen (secondary N) is 2. The number of pyridine rings is 1. The fraction of sp³-hybridized carbons (Fsp3) is 0.333. The maximum Gasteiger partial charge on any atom is 0.410 e. The highest BCUT2D eigenvalue weighted by molar-refractivity contribution is 7.84. The van der Waals surface area contributed by atoms with Gasteiger partial charge in [0.05, 0.1) is 21.8 Å². The standard InChI is InChI=1S/C30H32ClFN4O6S/c1-30(2,3)42-29(39)36-13-11-20(12-14-36)41-25-16-21(43(4)40)7-8-22(25)27(37)34-24-9-6-19(32)15-23(24)28(38)35-26-10-5-18(31)17-33-26/h5-10,15-17,20H,11-14H2,1-4H3,(H,34,37)(H,33,35,38). The van der Waals surface area contributed by atoms with Crippen LogP contribution in [-0.4, -0.2) is 63.1 Å². The van der Waals surface area contributed by atoms with Gasteiger partial charge in [0.2, 0.25) is 0 Å². The Hall–Kier alpha value is -4.03. The van der Waals surface area contributed by atoms with E-state index in [1.54, 1.807) is 31.7 Å². The molecule has 2 N–H and O–H groups in total. The van der Waals surface area contributed by atoms with Crippen molar-refractivity contribution in [2.75, 3.05) is 30.0 Å². The minimum Gasteiger partial charge on any atom is -0.489 e. The van der Waals surface area contributed by atoms with E-state index in [1.807, 2.05) is 0 Å². The molecule has 2 heterocycles. The molecule has 1 saturated heterocycles. The summed E-state index contributed by atoms with van der Waals surface area (Å²) in [5.74, 6) is -1.62. The summed E-state index contributed by atoms with van der Waals surface area (Å²) in [5, 5.41) is 5.60. The number of carbonyl (C=O) groups excluding carboxylic acids is 3. The summed E-state index contributed by atoms with van der Waals surface area (Å²) >= 11 is 5.85. The van der Waals surface area contributed by atoms with Crippen LogP contribution in [0.1, 0.15) is 54.3 Å². The van der Waals surface area contributed by atoms with Crippen LogP contribution in [0.3, 0.4) is 0 Å². The number of nitrogens with zero attached hydrogens (tertiary/aromatic N) is 2. The molecule has 10 nitrogen and oxygen atoms in total. The van der Waals surface area contributed by atoms with Crippen molar-refractivity contribution in [3.8, 4) is 5.75 Å². The monoisotopic (exact) mass is 630 g/mol. The number of amides is 3. The van der Waals surface area contributed by atoms with Crippen LogP contribution in [-0.2, 0) is 15.5 Å². The number of hydrogen-bond donors (Lipinski definition) is 2. The van der Waals surface area contributed by atoms with Crippen molar-refractivity contribution in [1.29, 1.82) is 0 Å². The van der Waals surface area contributed by atoms with Crippen molar-refractivity contribution in [1.82, 2.24) is 9.88 Å². The van der Waals surface area contributed by atoms with Crippen molar-refractivity contribution in [3.05, 3.63) is 76.7 Å². The molecule has 1 aliphatic rings. The van der Waals surface area contributed by atoms with Crippen LogP contribution >= 0.6 is 11.6 Å². The molecule has 2 aromatic carbocycles. The predicted molar refractivity (Wildman–Crippen MR) is 162 cm³/mol. The first kappa shape index (κ1) is 31.9. The van der Waals surface area contributed by atoms with E-state index >= 15 is 0 Å². The topological polar surface area (TPSA) is 127 Å². The molecule has 1 unspecified atom stereocenters. The highest BCUT2D eigenvalue weighted by Gasteiger charge is 2.29. The predicted octanol–water partition coefficient (Wildman–Crippen LogP) is 5.89. The summed E-state index contributed by atoms with van der Waals surface area (Å²) < 4.78 is 38.0. The quantitative estimate of drug-likeness (QED) is 0.333. The van der Waals surface area contributed by atoms with Gasteiger partial charge in [-0.2, -0.15) is 0 Å². The number of anilines is 2. The van der Waals surface area contributed by atoms with E-state index in [4.69, 9.17) is 21.1 Å². The molecule has 1 fully saturated rings. The molecular weight excluding hydrogens is 599 g/mol. The maximum atomic E-state index is 14.2. The molecule has 1 aliphatic heterocycles. The van der Waals surface area contributed by atoms with Crippen molar-refractivity contribution < 1.29 is 32.5 Å². The average Bonchev–Trinajstić information content (AvgIpc) is 2.94. The number of rotatable bonds is 7. The van der Waals surface area contributed by atoms with Gasteiger partial charge in [-0.15, -0.1) is 0 Å². The number of hydrogen-bond acceptors (Lipinski definition) is 7. The van der Waals surface area contributed by atoms with Crippen LogP contribution in [0.2, 0.25) is 5.02 Å². The van der Waals surface area contributed by atoms with Gasteiger partial charge in [-0.3, -0.25) is 13.8 Å². The zero-order valence-electron chi connectivity index (χ0n) is 24.1. The summed E-state index contributed by atoms with van der Waals surface area (Å²) in [4.78, 5) is 45.0. The molecular formula is C30H32ClFN4O6S. The number of likely N-dealkylation sites (tertiary alicyclic amines) is 1. The van der Waals surface area contributed by atoms with Crippen molar-refractivity contribution in [3.63, 3.8) is 0 Å². The zero-order valence-corrected chi connectivity index (χ0v) is 25.7. The Labute approximate surface area is 256 Å². The minimum atomic E-state index is -1.35. The fourth-order valence-corrected chi connectivity index (χ4v) is 4.91. The van der Waals surface area contributed by atoms with Crippen LogP contribution in [0.5, 0.6) is 5.75 Å². The van der Waals surface area contributed by atoms with Gasteiger partial charge in [-0.25, -0.2) is 14.2 Å². The minimum absolute atomic E-state index is 0.0534. The van der Waals surface area contributed by atoms with E-state index in [9.17, 15) is 23.0 Å². The Bertz CT molecular complexity index is 1540. The largest absolute Gasteiger partial charge is 0.489 e. The Balaban J connectivity index is 1.52. The van der Waals surface area contributed by atoms with Crippen LogP contribution in [0.25, 0.3) is 0 Å². The average molecular weight is 631 g/mol. The lowest BCUT2D eigenvalue weighted by Crippen LogP contribution is -2.44. The molecule has 228 valence electrons. The first-order chi connectivity index (χ1) is 20.3. The van der Waals surface area contributed by atoms with Crippen LogP contribution in [0.4, 0.5) is 20.7 Å². The molecule has 0 radical (unpaired) electrons. The van der Waals surface area contributed by atoms with E-state index < -0.39 is 40.1 Å². The smallest absolute Gasteiger partial charge is 0.410 e. The molecule has 3 amide bonds. The van der Waals surface area contributed by atoms with Gasteiger partial charge >= 0.3 is 6.09 Å². The van der Waals surface area contributed by atoms with E-state index in [2.05, 4.69) is 15.6 Å². The van der Waals surface area contributed by atoms with Gasteiger partial charge in [0.15, 0.2) is 0 Å². The lowest BCUT2D eigenvalue weighted by atomic mass is 10.1.